The van der Waals surface area contributed by atoms with Gasteiger partial charge >= 0.3 is 5.97 Å². The third-order valence-electron chi connectivity index (χ3n) is 2.63. The van der Waals surface area contributed by atoms with Gasteiger partial charge < -0.3 is 14.4 Å². The number of carbonyl (C=O) groups is 1. The monoisotopic (exact) mass is 264 g/mol. The van der Waals surface area contributed by atoms with Crippen molar-refractivity contribution >= 4 is 5.97 Å². The van der Waals surface area contributed by atoms with Crippen molar-refractivity contribution in [3.8, 4) is 0 Å². The van der Waals surface area contributed by atoms with Gasteiger partial charge in [0, 0.05) is 6.42 Å². The van der Waals surface area contributed by atoms with Crippen molar-refractivity contribution in [2.75, 3.05) is 7.11 Å². The highest BCUT2D eigenvalue weighted by molar-refractivity contribution is 5.72. The number of hydrogen-bond donors (Lipinski definition) is 0. The third kappa shape index (κ3) is 4.03. The zero-order chi connectivity index (χ0) is 13.7. The summed E-state index contributed by atoms with van der Waals surface area (Å²) in [7, 11) is 1.17. The van der Waals surface area contributed by atoms with Gasteiger partial charge in [0.05, 0.1) is 13.0 Å². The Balaban J connectivity index is 2.68. The van der Waals surface area contributed by atoms with Crippen molar-refractivity contribution in [2.24, 2.45) is 5.92 Å². The number of hydrogen-bond acceptors (Lipinski definition) is 8. The minimum atomic E-state index is -0.993. The number of methoxy groups -OCH3 is 1. The molecular formula is C8H12N2O8. The highest BCUT2D eigenvalue weighted by Crippen LogP contribution is 2.29. The van der Waals surface area contributed by atoms with Crippen LogP contribution >= 0.6 is 0 Å². The second kappa shape index (κ2) is 5.98. The van der Waals surface area contributed by atoms with Crippen LogP contribution in [-0.2, 0) is 19.2 Å². The first-order valence-corrected chi connectivity index (χ1v) is 5.12. The fourth-order valence-electron chi connectivity index (χ4n) is 1.99. The molecule has 10 heteroatoms. The summed E-state index contributed by atoms with van der Waals surface area (Å²) in [6, 6.07) is 0. The maximum absolute atomic E-state index is 11.4. The van der Waals surface area contributed by atoms with Crippen molar-refractivity contribution < 1.29 is 29.4 Å². The molecule has 0 saturated heterocycles. The summed E-state index contributed by atoms with van der Waals surface area (Å²) in [5.74, 6) is -1.30. The molecule has 1 aliphatic rings. The molecule has 1 fully saturated rings. The van der Waals surface area contributed by atoms with E-state index < -0.39 is 34.3 Å². The summed E-state index contributed by atoms with van der Waals surface area (Å²) < 4.78 is 4.51. The molecule has 10 nitrogen and oxygen atoms in total. The van der Waals surface area contributed by atoms with E-state index in [-0.39, 0.29) is 19.3 Å². The Labute approximate surface area is 101 Å². The van der Waals surface area contributed by atoms with Crippen LogP contribution in [0.25, 0.3) is 0 Å². The average molecular weight is 264 g/mol. The van der Waals surface area contributed by atoms with Gasteiger partial charge in [-0.2, -0.15) is 0 Å². The highest BCUT2D eigenvalue weighted by Gasteiger charge is 2.37. The largest absolute Gasteiger partial charge is 0.469 e. The number of rotatable bonds is 5. The van der Waals surface area contributed by atoms with Gasteiger partial charge in [-0.15, -0.1) is 20.2 Å². The summed E-state index contributed by atoms with van der Waals surface area (Å²) in [6.45, 7) is 0. The van der Waals surface area contributed by atoms with Gasteiger partial charge in [-0.3, -0.25) is 4.79 Å². The molecular weight excluding hydrogens is 252 g/mol. The fourth-order valence-corrected chi connectivity index (χ4v) is 1.99. The smallest absolute Gasteiger partial charge is 0.308 e. The number of ether oxygens (including phenoxy) is 1. The topological polar surface area (TPSA) is 131 Å². The molecule has 0 aliphatic heterocycles. The molecule has 18 heavy (non-hydrogen) atoms. The molecule has 1 aliphatic carbocycles. The molecule has 0 aromatic carbocycles. The average Bonchev–Trinajstić information content (AvgIpc) is 2.25. The fraction of sp³-hybridized carbons (Fsp3) is 0.875. The van der Waals surface area contributed by atoms with Gasteiger partial charge in [0.1, 0.15) is 12.2 Å². The molecule has 0 unspecified atom stereocenters. The summed E-state index contributed by atoms with van der Waals surface area (Å²) in [6.07, 6.45) is -1.70. The van der Waals surface area contributed by atoms with E-state index in [1.807, 2.05) is 0 Å². The van der Waals surface area contributed by atoms with Gasteiger partial charge in [-0.1, -0.05) is 0 Å². The number of carbonyl (C=O) groups excluding carboxylic acids is 1. The van der Waals surface area contributed by atoms with Crippen LogP contribution in [0.3, 0.4) is 0 Å². The van der Waals surface area contributed by atoms with Crippen LogP contribution in [-0.4, -0.2) is 35.5 Å². The summed E-state index contributed by atoms with van der Waals surface area (Å²) in [5, 5.41) is 18.5. The minimum Gasteiger partial charge on any atom is -0.469 e. The standard InChI is InChI=1S/C8H12N2O8/c1-16-8(11)5-2-6(17-9(12)13)4-7(3-5)18-10(14)15/h5-7H,2-4H2,1H3/t5-,6+,7-. The van der Waals surface area contributed by atoms with E-state index in [1.165, 1.54) is 7.11 Å². The molecule has 0 amide bonds. The van der Waals surface area contributed by atoms with Gasteiger partial charge in [-0.05, 0) is 12.8 Å². The second-order valence-electron chi connectivity index (χ2n) is 3.83. The van der Waals surface area contributed by atoms with E-state index in [0.29, 0.717) is 0 Å². The van der Waals surface area contributed by atoms with Crippen molar-refractivity contribution in [3.05, 3.63) is 20.2 Å². The van der Waals surface area contributed by atoms with Crippen LogP contribution in [0.5, 0.6) is 0 Å². The predicted molar refractivity (Wildman–Crippen MR) is 53.1 cm³/mol. The van der Waals surface area contributed by atoms with Gasteiger partial charge in [0.25, 0.3) is 10.2 Å². The Bertz CT molecular complexity index is 322. The Morgan fingerprint density at radius 3 is 1.83 bits per heavy atom. The van der Waals surface area contributed by atoms with Crippen LogP contribution < -0.4 is 0 Å². The lowest BCUT2D eigenvalue weighted by Gasteiger charge is -2.30. The predicted octanol–water partition coefficient (Wildman–Crippen LogP) is 0.113. The lowest BCUT2D eigenvalue weighted by atomic mass is 9.85. The Morgan fingerprint density at radius 1 is 1.06 bits per heavy atom. The first-order chi connectivity index (χ1) is 8.42. The van der Waals surface area contributed by atoms with E-state index in [9.17, 15) is 25.0 Å². The lowest BCUT2D eigenvalue weighted by molar-refractivity contribution is -0.781. The maximum Gasteiger partial charge on any atom is 0.308 e. The Kier molecular flexibility index (Phi) is 4.63. The highest BCUT2D eigenvalue weighted by atomic mass is 17.0. The van der Waals surface area contributed by atoms with E-state index in [1.54, 1.807) is 0 Å². The molecule has 0 heterocycles. The van der Waals surface area contributed by atoms with Crippen molar-refractivity contribution in [2.45, 2.75) is 31.5 Å². The maximum atomic E-state index is 11.4. The van der Waals surface area contributed by atoms with E-state index in [2.05, 4.69) is 14.4 Å². The van der Waals surface area contributed by atoms with Crippen LogP contribution in [0.15, 0.2) is 0 Å². The quantitative estimate of drug-likeness (QED) is 0.388. The van der Waals surface area contributed by atoms with Crippen molar-refractivity contribution in [3.63, 3.8) is 0 Å². The van der Waals surface area contributed by atoms with Gasteiger partial charge in [0.2, 0.25) is 0 Å². The number of esters is 1. The van der Waals surface area contributed by atoms with Crippen LogP contribution in [0.4, 0.5) is 0 Å². The molecule has 0 N–H and O–H groups in total. The Morgan fingerprint density at radius 2 is 1.50 bits per heavy atom. The molecule has 0 aromatic heterocycles. The summed E-state index contributed by atoms with van der Waals surface area (Å²) >= 11 is 0. The van der Waals surface area contributed by atoms with Crippen LogP contribution in [0, 0.1) is 26.1 Å². The molecule has 0 bridgehead atoms. The molecule has 1 rings (SSSR count). The van der Waals surface area contributed by atoms with Crippen LogP contribution in [0.2, 0.25) is 0 Å². The molecule has 102 valence electrons. The minimum absolute atomic E-state index is 0.0184. The first kappa shape index (κ1) is 13.9. The van der Waals surface area contributed by atoms with Gasteiger partial charge in [0.15, 0.2) is 0 Å². The molecule has 0 spiro atoms. The Hall–Kier alpha value is -2.13. The molecule has 1 saturated carbocycles. The SMILES string of the molecule is COC(=O)[C@@H]1C[C@H](O[N+](=O)[O-])C[C@H](O[N+](=O)[O-])C1. The van der Waals surface area contributed by atoms with Crippen molar-refractivity contribution in [1.82, 2.24) is 0 Å². The van der Waals surface area contributed by atoms with Crippen LogP contribution in [0.1, 0.15) is 19.3 Å². The first-order valence-electron chi connectivity index (χ1n) is 5.12. The van der Waals surface area contributed by atoms with E-state index in [4.69, 9.17) is 0 Å². The zero-order valence-corrected chi connectivity index (χ0v) is 9.51. The normalized spacial score (nSPS) is 27.1. The number of nitrogens with zero attached hydrogens (tertiary/aromatic N) is 2. The zero-order valence-electron chi connectivity index (χ0n) is 9.51. The summed E-state index contributed by atoms with van der Waals surface area (Å²) in [4.78, 5) is 40.5. The molecule has 0 aromatic rings. The van der Waals surface area contributed by atoms with Gasteiger partial charge in [-0.25, -0.2) is 0 Å². The molecule has 3 atom stereocenters. The third-order valence-corrected chi connectivity index (χ3v) is 2.63. The van der Waals surface area contributed by atoms with Crippen molar-refractivity contribution in [1.29, 1.82) is 0 Å². The molecule has 0 radical (unpaired) electrons. The van der Waals surface area contributed by atoms with E-state index in [0.717, 1.165) is 0 Å². The summed E-state index contributed by atoms with van der Waals surface area (Å²) in [5.41, 5.74) is 0. The van der Waals surface area contributed by atoms with E-state index >= 15 is 0 Å². The second-order valence-corrected chi connectivity index (χ2v) is 3.83. The lowest BCUT2D eigenvalue weighted by Crippen LogP contribution is -2.38.